The topological polar surface area (TPSA) is 28.4 Å². The van der Waals surface area contributed by atoms with E-state index in [4.69, 9.17) is 4.42 Å². The van der Waals surface area contributed by atoms with Crippen LogP contribution in [-0.4, -0.2) is 30.6 Å². The fourth-order valence-electron chi connectivity index (χ4n) is 2.61. The SMILES string of the molecule is CCCN1CCC(NC(C)c2ccco2)CC1. The summed E-state index contributed by atoms with van der Waals surface area (Å²) in [5.74, 6) is 1.04. The predicted octanol–water partition coefficient (Wildman–Crippen LogP) is 2.80. The first-order valence-electron chi connectivity index (χ1n) is 6.81. The Morgan fingerprint density at radius 2 is 2.24 bits per heavy atom. The molecule has 0 amide bonds. The number of nitrogens with zero attached hydrogens (tertiary/aromatic N) is 1. The van der Waals surface area contributed by atoms with Crippen molar-refractivity contribution in [1.82, 2.24) is 10.2 Å². The highest BCUT2D eigenvalue weighted by molar-refractivity contribution is 5.03. The number of rotatable bonds is 5. The maximum Gasteiger partial charge on any atom is 0.120 e. The van der Waals surface area contributed by atoms with E-state index in [9.17, 15) is 0 Å². The molecule has 1 aromatic heterocycles. The van der Waals surface area contributed by atoms with E-state index in [0.29, 0.717) is 12.1 Å². The lowest BCUT2D eigenvalue weighted by Crippen LogP contribution is -2.43. The Bertz CT molecular complexity index is 302. The quantitative estimate of drug-likeness (QED) is 0.852. The Balaban J connectivity index is 1.74. The van der Waals surface area contributed by atoms with Crippen molar-refractivity contribution in [3.05, 3.63) is 24.2 Å². The minimum Gasteiger partial charge on any atom is -0.468 e. The van der Waals surface area contributed by atoms with Gasteiger partial charge in [0.05, 0.1) is 12.3 Å². The van der Waals surface area contributed by atoms with Crippen molar-refractivity contribution in [3.63, 3.8) is 0 Å². The molecule has 1 N–H and O–H groups in total. The molecule has 2 rings (SSSR count). The summed E-state index contributed by atoms with van der Waals surface area (Å²) >= 11 is 0. The lowest BCUT2D eigenvalue weighted by Gasteiger charge is -2.33. The van der Waals surface area contributed by atoms with Crippen LogP contribution in [0.4, 0.5) is 0 Å². The van der Waals surface area contributed by atoms with Gasteiger partial charge in [0.15, 0.2) is 0 Å². The molecule has 1 saturated heterocycles. The Kier molecular flexibility index (Phi) is 4.63. The summed E-state index contributed by atoms with van der Waals surface area (Å²) in [5, 5.41) is 3.66. The van der Waals surface area contributed by atoms with Crippen molar-refractivity contribution >= 4 is 0 Å². The lowest BCUT2D eigenvalue weighted by atomic mass is 10.0. The van der Waals surface area contributed by atoms with Crippen molar-refractivity contribution in [1.29, 1.82) is 0 Å². The largest absolute Gasteiger partial charge is 0.468 e. The van der Waals surface area contributed by atoms with Gasteiger partial charge in [0.1, 0.15) is 5.76 Å². The monoisotopic (exact) mass is 236 g/mol. The summed E-state index contributed by atoms with van der Waals surface area (Å²) in [7, 11) is 0. The Morgan fingerprint density at radius 3 is 2.82 bits per heavy atom. The second-order valence-electron chi connectivity index (χ2n) is 5.02. The molecule has 1 aromatic rings. The van der Waals surface area contributed by atoms with Crippen molar-refractivity contribution in [2.24, 2.45) is 0 Å². The van der Waals surface area contributed by atoms with Gasteiger partial charge in [0.2, 0.25) is 0 Å². The highest BCUT2D eigenvalue weighted by Crippen LogP contribution is 2.17. The molecular weight excluding hydrogens is 212 g/mol. The number of hydrogen-bond donors (Lipinski definition) is 1. The third-order valence-electron chi connectivity index (χ3n) is 3.58. The molecule has 96 valence electrons. The average Bonchev–Trinajstić information content (AvgIpc) is 2.86. The van der Waals surface area contributed by atoms with Crippen LogP contribution in [0.2, 0.25) is 0 Å². The van der Waals surface area contributed by atoms with Gasteiger partial charge in [0.25, 0.3) is 0 Å². The van der Waals surface area contributed by atoms with Crippen molar-refractivity contribution < 1.29 is 4.42 Å². The van der Waals surface area contributed by atoms with E-state index >= 15 is 0 Å². The number of nitrogens with one attached hydrogen (secondary N) is 1. The zero-order valence-electron chi connectivity index (χ0n) is 11.0. The first-order valence-corrected chi connectivity index (χ1v) is 6.81. The molecule has 0 saturated carbocycles. The number of piperidine rings is 1. The fraction of sp³-hybridized carbons (Fsp3) is 0.714. The summed E-state index contributed by atoms with van der Waals surface area (Å²) in [6.07, 6.45) is 5.52. The molecule has 1 aliphatic rings. The maximum absolute atomic E-state index is 5.42. The Morgan fingerprint density at radius 1 is 1.47 bits per heavy atom. The average molecular weight is 236 g/mol. The summed E-state index contributed by atoms with van der Waals surface area (Å²) in [4.78, 5) is 2.57. The van der Waals surface area contributed by atoms with E-state index in [-0.39, 0.29) is 0 Å². The third-order valence-corrected chi connectivity index (χ3v) is 3.58. The van der Waals surface area contributed by atoms with E-state index in [1.807, 2.05) is 12.1 Å². The van der Waals surface area contributed by atoms with Gasteiger partial charge in [-0.05, 0) is 58.0 Å². The maximum atomic E-state index is 5.42. The van der Waals surface area contributed by atoms with Gasteiger partial charge in [-0.3, -0.25) is 0 Å². The van der Waals surface area contributed by atoms with Crippen LogP contribution in [0.5, 0.6) is 0 Å². The van der Waals surface area contributed by atoms with Crippen LogP contribution in [0.1, 0.15) is 44.9 Å². The number of hydrogen-bond acceptors (Lipinski definition) is 3. The summed E-state index contributed by atoms with van der Waals surface area (Å²) in [6, 6.07) is 4.97. The van der Waals surface area contributed by atoms with Crippen molar-refractivity contribution in [2.75, 3.05) is 19.6 Å². The smallest absolute Gasteiger partial charge is 0.120 e. The highest BCUT2D eigenvalue weighted by Gasteiger charge is 2.20. The molecule has 0 bridgehead atoms. The zero-order chi connectivity index (χ0) is 12.1. The molecule has 1 atom stereocenters. The molecule has 3 heteroatoms. The minimum absolute atomic E-state index is 0.327. The summed E-state index contributed by atoms with van der Waals surface area (Å²) in [6.45, 7) is 8.15. The predicted molar refractivity (Wildman–Crippen MR) is 70.0 cm³/mol. The standard InChI is InChI=1S/C14H24N2O/c1-3-8-16-9-6-13(7-10-16)15-12(2)14-5-4-11-17-14/h4-5,11-13,15H,3,6-10H2,1-2H3. The van der Waals surface area contributed by atoms with Crippen LogP contribution in [0.15, 0.2) is 22.8 Å². The normalized spacial score (nSPS) is 20.6. The molecule has 17 heavy (non-hydrogen) atoms. The van der Waals surface area contributed by atoms with Gasteiger partial charge in [0, 0.05) is 6.04 Å². The van der Waals surface area contributed by atoms with Gasteiger partial charge in [-0.15, -0.1) is 0 Å². The van der Waals surface area contributed by atoms with Crippen LogP contribution in [0, 0.1) is 0 Å². The van der Waals surface area contributed by atoms with Gasteiger partial charge >= 0.3 is 0 Å². The van der Waals surface area contributed by atoms with E-state index in [1.54, 1.807) is 6.26 Å². The summed E-state index contributed by atoms with van der Waals surface area (Å²) < 4.78 is 5.42. The molecule has 0 radical (unpaired) electrons. The molecule has 1 fully saturated rings. The molecular formula is C14H24N2O. The van der Waals surface area contributed by atoms with Gasteiger partial charge in [-0.2, -0.15) is 0 Å². The molecule has 0 aromatic carbocycles. The van der Waals surface area contributed by atoms with Crippen LogP contribution in [0.3, 0.4) is 0 Å². The van der Waals surface area contributed by atoms with E-state index in [2.05, 4.69) is 24.1 Å². The molecule has 2 heterocycles. The third kappa shape index (κ3) is 3.58. The van der Waals surface area contributed by atoms with Crippen LogP contribution < -0.4 is 5.32 Å². The van der Waals surface area contributed by atoms with Crippen LogP contribution in [0.25, 0.3) is 0 Å². The molecule has 0 aliphatic carbocycles. The lowest BCUT2D eigenvalue weighted by molar-refractivity contribution is 0.190. The highest BCUT2D eigenvalue weighted by atomic mass is 16.3. The molecule has 0 spiro atoms. The van der Waals surface area contributed by atoms with Crippen molar-refractivity contribution in [2.45, 2.75) is 45.2 Å². The van der Waals surface area contributed by atoms with E-state index in [1.165, 1.54) is 38.9 Å². The van der Waals surface area contributed by atoms with E-state index in [0.717, 1.165) is 5.76 Å². The fourth-order valence-corrected chi connectivity index (χ4v) is 2.61. The second-order valence-corrected chi connectivity index (χ2v) is 5.02. The van der Waals surface area contributed by atoms with Gasteiger partial charge in [-0.25, -0.2) is 0 Å². The molecule has 1 aliphatic heterocycles. The Labute approximate surface area is 104 Å². The minimum atomic E-state index is 0.327. The van der Waals surface area contributed by atoms with Crippen LogP contribution >= 0.6 is 0 Å². The first kappa shape index (κ1) is 12.7. The van der Waals surface area contributed by atoms with Crippen LogP contribution in [-0.2, 0) is 0 Å². The van der Waals surface area contributed by atoms with Gasteiger partial charge in [-0.1, -0.05) is 6.92 Å². The summed E-state index contributed by atoms with van der Waals surface area (Å²) in [5.41, 5.74) is 0. The zero-order valence-corrected chi connectivity index (χ0v) is 11.0. The number of likely N-dealkylation sites (tertiary alicyclic amines) is 1. The molecule has 1 unspecified atom stereocenters. The Hall–Kier alpha value is -0.800. The first-order chi connectivity index (χ1) is 8.29. The van der Waals surface area contributed by atoms with E-state index < -0.39 is 0 Å². The van der Waals surface area contributed by atoms with Gasteiger partial charge < -0.3 is 14.6 Å². The van der Waals surface area contributed by atoms with Crippen molar-refractivity contribution in [3.8, 4) is 0 Å². The molecule has 3 nitrogen and oxygen atoms in total. The number of furan rings is 1. The second kappa shape index (κ2) is 6.22.